The lowest BCUT2D eigenvalue weighted by Crippen LogP contribution is -2.06. The number of hydrogen-bond acceptors (Lipinski definition) is 5. The summed E-state index contributed by atoms with van der Waals surface area (Å²) in [6.45, 7) is 4.24. The predicted molar refractivity (Wildman–Crippen MR) is 68.4 cm³/mol. The van der Waals surface area contributed by atoms with Crippen molar-refractivity contribution >= 4 is 18.6 Å². The molecule has 18 heavy (non-hydrogen) atoms. The van der Waals surface area contributed by atoms with Crippen LogP contribution in [0.1, 0.15) is 13.8 Å². The van der Waals surface area contributed by atoms with E-state index < -0.39 is 7.60 Å². The third-order valence-electron chi connectivity index (χ3n) is 2.38. The van der Waals surface area contributed by atoms with Gasteiger partial charge in [0.2, 0.25) is 0 Å². The molecule has 0 amide bonds. The first kappa shape index (κ1) is 13.2. The van der Waals surface area contributed by atoms with Crippen molar-refractivity contribution in [2.24, 2.45) is 0 Å². The van der Waals surface area contributed by atoms with Crippen LogP contribution >= 0.6 is 7.60 Å². The molecule has 0 aliphatic rings. The maximum Gasteiger partial charge on any atom is 0.352 e. The Kier molecular flexibility index (Phi) is 4.11. The van der Waals surface area contributed by atoms with E-state index in [4.69, 9.17) is 9.05 Å². The Hall–Kier alpha value is -1.23. The Morgan fingerprint density at radius 2 is 1.89 bits per heavy atom. The summed E-state index contributed by atoms with van der Waals surface area (Å²) in [5.74, 6) is 0. The van der Waals surface area contributed by atoms with Crippen molar-refractivity contribution < 1.29 is 13.6 Å². The van der Waals surface area contributed by atoms with Gasteiger partial charge in [-0.2, -0.15) is 0 Å². The molecule has 0 saturated heterocycles. The van der Waals surface area contributed by atoms with Crippen LogP contribution in [0.5, 0.6) is 0 Å². The molecule has 0 atom stereocenters. The highest BCUT2D eigenvalue weighted by Gasteiger charge is 2.25. The van der Waals surface area contributed by atoms with Gasteiger partial charge in [0.15, 0.2) is 0 Å². The van der Waals surface area contributed by atoms with E-state index in [2.05, 4.69) is 10.3 Å². The topological polar surface area (TPSA) is 66.2 Å². The molecule has 2 rings (SSSR count). The summed E-state index contributed by atoms with van der Waals surface area (Å²) in [4.78, 5) is 0. The van der Waals surface area contributed by atoms with Gasteiger partial charge in [-0.3, -0.25) is 4.57 Å². The standard InChI is InChI=1S/C11H16N3O3P/c1-3-16-18(15,17-4-2)9-14-11-8-6-5-7-10(11)12-13-14/h5-8H,3-4,9H2,1-2H3. The van der Waals surface area contributed by atoms with Crippen LogP contribution in [0.15, 0.2) is 24.3 Å². The van der Waals surface area contributed by atoms with Crippen molar-refractivity contribution in [1.29, 1.82) is 0 Å². The van der Waals surface area contributed by atoms with Gasteiger partial charge in [0, 0.05) is 0 Å². The second kappa shape index (κ2) is 5.61. The van der Waals surface area contributed by atoms with E-state index >= 15 is 0 Å². The largest absolute Gasteiger partial charge is 0.352 e. The van der Waals surface area contributed by atoms with Crippen molar-refractivity contribution in [2.45, 2.75) is 20.1 Å². The molecular formula is C11H16N3O3P. The normalized spacial score (nSPS) is 12.1. The Balaban J connectivity index is 2.29. The summed E-state index contributed by atoms with van der Waals surface area (Å²) < 4.78 is 24.4. The van der Waals surface area contributed by atoms with E-state index in [-0.39, 0.29) is 6.29 Å². The molecule has 0 aliphatic heterocycles. The molecule has 1 aromatic heterocycles. The average molecular weight is 269 g/mol. The fraction of sp³-hybridized carbons (Fsp3) is 0.455. The molecule has 1 aromatic carbocycles. The van der Waals surface area contributed by atoms with Crippen LogP contribution in [0.4, 0.5) is 0 Å². The molecule has 0 unspecified atom stereocenters. The maximum absolute atomic E-state index is 12.4. The molecule has 2 aromatic rings. The summed E-state index contributed by atoms with van der Waals surface area (Å²) in [6, 6.07) is 7.49. The predicted octanol–water partition coefficient (Wildman–Crippen LogP) is 2.65. The molecule has 7 heteroatoms. The number of hydrogen-bond donors (Lipinski definition) is 0. The lowest BCUT2D eigenvalue weighted by molar-refractivity contribution is 0.213. The van der Waals surface area contributed by atoms with Gasteiger partial charge >= 0.3 is 7.60 Å². The van der Waals surface area contributed by atoms with Crippen LogP contribution in [-0.2, 0) is 19.9 Å². The number of benzene rings is 1. The van der Waals surface area contributed by atoms with Gasteiger partial charge in [0.25, 0.3) is 0 Å². The van der Waals surface area contributed by atoms with E-state index in [0.29, 0.717) is 13.2 Å². The van der Waals surface area contributed by atoms with Crippen LogP contribution < -0.4 is 0 Å². The Labute approximate surface area is 105 Å². The fourth-order valence-corrected chi connectivity index (χ4v) is 3.26. The first-order valence-electron chi connectivity index (χ1n) is 5.85. The molecule has 0 saturated carbocycles. The number of fused-ring (bicyclic) bond motifs is 1. The number of para-hydroxylation sites is 1. The van der Waals surface area contributed by atoms with E-state index in [1.54, 1.807) is 18.5 Å². The monoisotopic (exact) mass is 269 g/mol. The van der Waals surface area contributed by atoms with Gasteiger partial charge in [-0.05, 0) is 26.0 Å². The highest BCUT2D eigenvalue weighted by atomic mass is 31.2. The van der Waals surface area contributed by atoms with Crippen molar-refractivity contribution in [3.8, 4) is 0 Å². The molecule has 0 bridgehead atoms. The molecule has 0 N–H and O–H groups in total. The van der Waals surface area contributed by atoms with Gasteiger partial charge in [0.1, 0.15) is 11.8 Å². The molecular weight excluding hydrogens is 253 g/mol. The second-order valence-corrected chi connectivity index (χ2v) is 5.69. The molecule has 6 nitrogen and oxygen atoms in total. The maximum atomic E-state index is 12.4. The summed E-state index contributed by atoms with van der Waals surface area (Å²) >= 11 is 0. The molecule has 98 valence electrons. The van der Waals surface area contributed by atoms with Crippen LogP contribution in [0.3, 0.4) is 0 Å². The van der Waals surface area contributed by atoms with Gasteiger partial charge in [0.05, 0.1) is 18.7 Å². The van der Waals surface area contributed by atoms with Crippen molar-refractivity contribution in [1.82, 2.24) is 15.0 Å². The van der Waals surface area contributed by atoms with E-state index in [9.17, 15) is 4.57 Å². The minimum Gasteiger partial charge on any atom is -0.308 e. The van der Waals surface area contributed by atoms with Crippen LogP contribution in [0.2, 0.25) is 0 Å². The lowest BCUT2D eigenvalue weighted by atomic mass is 10.3. The van der Waals surface area contributed by atoms with Gasteiger partial charge < -0.3 is 9.05 Å². The fourth-order valence-electron chi connectivity index (χ4n) is 1.70. The van der Waals surface area contributed by atoms with Crippen LogP contribution in [0.25, 0.3) is 11.0 Å². The highest BCUT2D eigenvalue weighted by Crippen LogP contribution is 2.49. The highest BCUT2D eigenvalue weighted by molar-refractivity contribution is 7.52. The molecule has 0 radical (unpaired) electrons. The van der Waals surface area contributed by atoms with E-state index in [0.717, 1.165) is 11.0 Å². The van der Waals surface area contributed by atoms with Gasteiger partial charge in [-0.15, -0.1) is 5.10 Å². The Morgan fingerprint density at radius 1 is 1.22 bits per heavy atom. The minimum absolute atomic E-state index is 0.0786. The zero-order valence-corrected chi connectivity index (χ0v) is 11.3. The molecule has 0 spiro atoms. The summed E-state index contributed by atoms with van der Waals surface area (Å²) in [7, 11) is -3.15. The van der Waals surface area contributed by atoms with Crippen molar-refractivity contribution in [3.05, 3.63) is 24.3 Å². The summed E-state index contributed by atoms with van der Waals surface area (Å²) in [6.07, 6.45) is 0.0786. The minimum atomic E-state index is -3.15. The first-order chi connectivity index (χ1) is 8.68. The molecule has 1 heterocycles. The zero-order chi connectivity index (χ0) is 13.0. The summed E-state index contributed by atoms with van der Waals surface area (Å²) in [5.41, 5.74) is 1.58. The lowest BCUT2D eigenvalue weighted by Gasteiger charge is -2.16. The third-order valence-corrected chi connectivity index (χ3v) is 4.30. The van der Waals surface area contributed by atoms with Crippen LogP contribution in [0, 0.1) is 0 Å². The third kappa shape index (κ3) is 2.77. The molecule has 0 aliphatic carbocycles. The first-order valence-corrected chi connectivity index (χ1v) is 7.57. The quantitative estimate of drug-likeness (QED) is 0.754. The van der Waals surface area contributed by atoms with Crippen molar-refractivity contribution in [2.75, 3.05) is 13.2 Å². The second-order valence-electron chi connectivity index (χ2n) is 3.67. The smallest absolute Gasteiger partial charge is 0.308 e. The van der Waals surface area contributed by atoms with Crippen LogP contribution in [-0.4, -0.2) is 28.2 Å². The Bertz CT molecular complexity index is 559. The van der Waals surface area contributed by atoms with E-state index in [1.807, 2.05) is 24.3 Å². The number of rotatable bonds is 6. The zero-order valence-electron chi connectivity index (χ0n) is 10.4. The number of aromatic nitrogens is 3. The SMILES string of the molecule is CCOP(=O)(Cn1nnc2ccccc21)OCC. The van der Waals surface area contributed by atoms with Gasteiger partial charge in [-0.1, -0.05) is 17.3 Å². The van der Waals surface area contributed by atoms with Crippen molar-refractivity contribution in [3.63, 3.8) is 0 Å². The Morgan fingerprint density at radius 3 is 2.56 bits per heavy atom. The van der Waals surface area contributed by atoms with Gasteiger partial charge in [-0.25, -0.2) is 4.68 Å². The number of nitrogens with zero attached hydrogens (tertiary/aromatic N) is 3. The summed E-state index contributed by atoms with van der Waals surface area (Å²) in [5, 5.41) is 7.98. The molecule has 0 fully saturated rings. The van der Waals surface area contributed by atoms with E-state index in [1.165, 1.54) is 0 Å². The average Bonchev–Trinajstić information content (AvgIpc) is 2.73.